The van der Waals surface area contributed by atoms with Crippen LogP contribution in [0.5, 0.6) is 0 Å². The van der Waals surface area contributed by atoms with Crippen LogP contribution >= 0.6 is 0 Å². The number of nitrogens with one attached hydrogen (secondary N) is 3. The average Bonchev–Trinajstić information content (AvgIpc) is 3.33. The second-order valence-corrected chi connectivity index (χ2v) is 8.54. The lowest BCUT2D eigenvalue weighted by atomic mass is 10.0. The van der Waals surface area contributed by atoms with Gasteiger partial charge in [-0.2, -0.15) is 5.10 Å². The van der Waals surface area contributed by atoms with Gasteiger partial charge in [-0.3, -0.25) is 9.89 Å². The number of likely N-dealkylation sites (N-methyl/N-ethyl adjacent to an activating group) is 1. The number of carbonyl (C=O) groups excluding carboxylic acids is 1. The first kappa shape index (κ1) is 19.6. The zero-order chi connectivity index (χ0) is 21.5. The van der Waals surface area contributed by atoms with Crippen LogP contribution in [0, 0.1) is 13.8 Å². The van der Waals surface area contributed by atoms with Crippen molar-refractivity contribution in [2.45, 2.75) is 33.4 Å². The minimum Gasteiger partial charge on any atom is -0.354 e. The molecule has 2 aromatic carbocycles. The van der Waals surface area contributed by atoms with Crippen molar-refractivity contribution in [3.05, 3.63) is 76.1 Å². The van der Waals surface area contributed by atoms with Crippen LogP contribution < -0.4 is 5.32 Å². The van der Waals surface area contributed by atoms with Crippen LogP contribution in [0.2, 0.25) is 0 Å². The fourth-order valence-electron chi connectivity index (χ4n) is 4.57. The van der Waals surface area contributed by atoms with Gasteiger partial charge in [0.15, 0.2) is 5.69 Å². The summed E-state index contributed by atoms with van der Waals surface area (Å²) < 4.78 is 0. The van der Waals surface area contributed by atoms with Crippen molar-refractivity contribution in [2.24, 2.45) is 0 Å². The van der Waals surface area contributed by atoms with E-state index in [0.29, 0.717) is 12.2 Å². The second-order valence-electron chi connectivity index (χ2n) is 8.54. The Morgan fingerprint density at radius 1 is 1.19 bits per heavy atom. The number of amides is 1. The largest absolute Gasteiger partial charge is 0.354 e. The van der Waals surface area contributed by atoms with Crippen molar-refractivity contribution in [1.29, 1.82) is 0 Å². The van der Waals surface area contributed by atoms with Crippen molar-refractivity contribution in [3.63, 3.8) is 0 Å². The quantitative estimate of drug-likeness (QED) is 0.472. The number of H-pyrrole nitrogens is 2. The molecule has 3 N–H and O–H groups in total. The molecule has 0 radical (unpaired) electrons. The summed E-state index contributed by atoms with van der Waals surface area (Å²) >= 11 is 0. The minimum atomic E-state index is -0.131. The summed E-state index contributed by atoms with van der Waals surface area (Å²) in [5.41, 5.74) is 9.45. The number of aromatic amines is 2. The van der Waals surface area contributed by atoms with E-state index in [0.717, 1.165) is 53.1 Å². The molecular weight excluding hydrogens is 386 g/mol. The topological polar surface area (TPSA) is 76.8 Å². The van der Waals surface area contributed by atoms with Gasteiger partial charge in [0.25, 0.3) is 5.91 Å². The highest BCUT2D eigenvalue weighted by molar-refractivity contribution is 5.95. The Morgan fingerprint density at radius 3 is 2.81 bits per heavy atom. The molecule has 0 atom stereocenters. The Hall–Kier alpha value is -3.38. The van der Waals surface area contributed by atoms with E-state index < -0.39 is 0 Å². The number of benzene rings is 2. The lowest BCUT2D eigenvalue weighted by Crippen LogP contribution is -2.29. The van der Waals surface area contributed by atoms with Gasteiger partial charge in [0.05, 0.1) is 5.52 Å². The van der Waals surface area contributed by atoms with Crippen LogP contribution in [0.15, 0.2) is 42.5 Å². The highest BCUT2D eigenvalue weighted by Gasteiger charge is 2.24. The van der Waals surface area contributed by atoms with Crippen molar-refractivity contribution in [3.8, 4) is 11.3 Å². The second kappa shape index (κ2) is 7.71. The SMILES string of the molecule is Cc1cc(CNC(=O)c2n[nH]c3c2CN(C)CC3)c2[nH]c(-c3ccccc3)c(C)c2c1. The molecule has 4 aromatic rings. The summed E-state index contributed by atoms with van der Waals surface area (Å²) in [7, 11) is 2.07. The van der Waals surface area contributed by atoms with E-state index in [4.69, 9.17) is 0 Å². The molecule has 31 heavy (non-hydrogen) atoms. The van der Waals surface area contributed by atoms with E-state index in [1.54, 1.807) is 0 Å². The Kier molecular flexibility index (Phi) is 4.87. The summed E-state index contributed by atoms with van der Waals surface area (Å²) in [4.78, 5) is 18.8. The van der Waals surface area contributed by atoms with Gasteiger partial charge < -0.3 is 15.2 Å². The maximum Gasteiger partial charge on any atom is 0.272 e. The van der Waals surface area contributed by atoms with E-state index in [1.165, 1.54) is 16.5 Å². The zero-order valence-electron chi connectivity index (χ0n) is 18.2. The smallest absolute Gasteiger partial charge is 0.272 e. The van der Waals surface area contributed by atoms with Crippen LogP contribution in [0.25, 0.3) is 22.2 Å². The highest BCUT2D eigenvalue weighted by Crippen LogP contribution is 2.32. The van der Waals surface area contributed by atoms with Gasteiger partial charge in [-0.15, -0.1) is 0 Å². The number of fused-ring (bicyclic) bond motifs is 2. The minimum absolute atomic E-state index is 0.131. The monoisotopic (exact) mass is 413 g/mol. The number of rotatable bonds is 4. The maximum absolute atomic E-state index is 13.0. The number of hydrogen-bond acceptors (Lipinski definition) is 3. The van der Waals surface area contributed by atoms with E-state index in [1.807, 2.05) is 6.07 Å². The van der Waals surface area contributed by atoms with Crippen LogP contribution in [-0.4, -0.2) is 39.6 Å². The predicted octanol–water partition coefficient (Wildman–Crippen LogP) is 4.09. The summed E-state index contributed by atoms with van der Waals surface area (Å²) in [5, 5.41) is 11.7. The fraction of sp³-hybridized carbons (Fsp3) is 0.280. The normalized spacial score (nSPS) is 14.0. The lowest BCUT2D eigenvalue weighted by molar-refractivity contribution is 0.0944. The maximum atomic E-state index is 13.0. The number of aromatic nitrogens is 3. The molecule has 3 heterocycles. The first-order chi connectivity index (χ1) is 15.0. The Balaban J connectivity index is 1.45. The Labute approximate surface area is 181 Å². The fourth-order valence-corrected chi connectivity index (χ4v) is 4.57. The van der Waals surface area contributed by atoms with Crippen molar-refractivity contribution < 1.29 is 4.79 Å². The van der Waals surface area contributed by atoms with Gasteiger partial charge in [-0.25, -0.2) is 0 Å². The molecule has 1 aliphatic rings. The van der Waals surface area contributed by atoms with E-state index in [9.17, 15) is 4.79 Å². The van der Waals surface area contributed by atoms with Crippen molar-refractivity contribution >= 4 is 16.8 Å². The summed E-state index contributed by atoms with van der Waals surface area (Å²) in [5.74, 6) is -0.131. The summed E-state index contributed by atoms with van der Waals surface area (Å²) in [6.45, 7) is 6.42. The van der Waals surface area contributed by atoms with Crippen LogP contribution in [-0.2, 0) is 19.5 Å². The zero-order valence-corrected chi connectivity index (χ0v) is 18.2. The van der Waals surface area contributed by atoms with Gasteiger partial charge >= 0.3 is 0 Å². The molecule has 6 heteroatoms. The van der Waals surface area contributed by atoms with E-state index in [2.05, 4.69) is 82.7 Å². The third kappa shape index (κ3) is 3.53. The Morgan fingerprint density at radius 2 is 2.00 bits per heavy atom. The van der Waals surface area contributed by atoms with Gasteiger partial charge in [-0.1, -0.05) is 42.0 Å². The molecular formula is C25H27N5O. The van der Waals surface area contributed by atoms with Gasteiger partial charge in [-0.05, 0) is 43.7 Å². The molecule has 0 aliphatic carbocycles. The molecule has 6 nitrogen and oxygen atoms in total. The number of nitrogens with zero attached hydrogens (tertiary/aromatic N) is 2. The molecule has 0 bridgehead atoms. The first-order valence-electron chi connectivity index (χ1n) is 10.7. The standard InChI is InChI=1S/C25H27N5O/c1-15-11-18(13-26-25(31)24-20-14-30(3)10-9-21(20)28-29-24)23-19(12-15)16(2)22(27-23)17-7-5-4-6-8-17/h4-8,11-12,27H,9-10,13-14H2,1-3H3,(H,26,31)(H,28,29). The highest BCUT2D eigenvalue weighted by atomic mass is 16.1. The molecule has 0 spiro atoms. The predicted molar refractivity (Wildman–Crippen MR) is 123 cm³/mol. The Bertz CT molecular complexity index is 1270. The summed E-state index contributed by atoms with van der Waals surface area (Å²) in [6.07, 6.45) is 0.897. The van der Waals surface area contributed by atoms with Gasteiger partial charge in [0.2, 0.25) is 0 Å². The molecule has 0 unspecified atom stereocenters. The molecule has 1 amide bonds. The first-order valence-corrected chi connectivity index (χ1v) is 10.7. The summed E-state index contributed by atoms with van der Waals surface area (Å²) in [6, 6.07) is 14.7. The van der Waals surface area contributed by atoms with Crippen LogP contribution in [0.1, 0.15) is 38.4 Å². The molecule has 158 valence electrons. The number of carbonyl (C=O) groups is 1. The van der Waals surface area contributed by atoms with E-state index >= 15 is 0 Å². The molecule has 0 saturated carbocycles. The average molecular weight is 414 g/mol. The molecule has 1 aliphatic heterocycles. The van der Waals surface area contributed by atoms with Crippen LogP contribution in [0.4, 0.5) is 0 Å². The van der Waals surface area contributed by atoms with Crippen molar-refractivity contribution in [1.82, 2.24) is 25.4 Å². The van der Waals surface area contributed by atoms with Gasteiger partial charge in [0.1, 0.15) is 0 Å². The third-order valence-electron chi connectivity index (χ3n) is 6.23. The van der Waals surface area contributed by atoms with Crippen molar-refractivity contribution in [2.75, 3.05) is 13.6 Å². The molecule has 0 saturated heterocycles. The number of hydrogen-bond donors (Lipinski definition) is 3. The van der Waals surface area contributed by atoms with E-state index in [-0.39, 0.29) is 5.91 Å². The number of aryl methyl sites for hydroxylation is 2. The third-order valence-corrected chi connectivity index (χ3v) is 6.23. The van der Waals surface area contributed by atoms with Crippen LogP contribution in [0.3, 0.4) is 0 Å². The molecule has 0 fully saturated rings. The lowest BCUT2D eigenvalue weighted by Gasteiger charge is -2.22. The molecule has 5 rings (SSSR count). The van der Waals surface area contributed by atoms with Gasteiger partial charge in [0, 0.05) is 48.4 Å². The molecule has 2 aromatic heterocycles.